The average Bonchev–Trinajstić information content (AvgIpc) is 2.78. The first kappa shape index (κ1) is 24.7. The first-order valence-electron chi connectivity index (χ1n) is 11.1. The Morgan fingerprint density at radius 3 is 2.21 bits per heavy atom. The summed E-state index contributed by atoms with van der Waals surface area (Å²) in [6, 6.07) is 12.1. The minimum absolute atomic E-state index is 0.0346. The number of hydrogen-bond acceptors (Lipinski definition) is 5. The van der Waals surface area contributed by atoms with Gasteiger partial charge in [0.05, 0.1) is 11.6 Å². The van der Waals surface area contributed by atoms with Gasteiger partial charge in [0.2, 0.25) is 15.9 Å². The number of benzene rings is 2. The number of ether oxygens (including phenoxy) is 1. The molecule has 2 aromatic rings. The summed E-state index contributed by atoms with van der Waals surface area (Å²) in [7, 11) is -3.94. The fourth-order valence-electron chi connectivity index (χ4n) is 3.83. The summed E-state index contributed by atoms with van der Waals surface area (Å²) in [6.07, 6.45) is 0.713. The van der Waals surface area contributed by atoms with Crippen LogP contribution in [0.3, 0.4) is 0 Å². The van der Waals surface area contributed by atoms with E-state index < -0.39 is 15.4 Å². The highest BCUT2D eigenvalue weighted by Crippen LogP contribution is 2.33. The average molecular weight is 470 g/mol. The quantitative estimate of drug-likeness (QED) is 0.631. The van der Waals surface area contributed by atoms with Crippen molar-refractivity contribution in [3.63, 3.8) is 0 Å². The third-order valence-electron chi connectivity index (χ3n) is 6.10. The molecule has 0 bridgehead atoms. The van der Waals surface area contributed by atoms with E-state index in [1.165, 1.54) is 16.4 Å². The van der Waals surface area contributed by atoms with Gasteiger partial charge in [-0.2, -0.15) is 9.57 Å². The minimum Gasteiger partial charge on any atom is -0.456 e. The van der Waals surface area contributed by atoms with Gasteiger partial charge >= 0.3 is 0 Å². The molecule has 0 unspecified atom stereocenters. The highest BCUT2D eigenvalue weighted by molar-refractivity contribution is 7.89. The number of carbonyl (C=O) groups excluding carboxylic acids is 1. The second kappa shape index (κ2) is 9.54. The molecule has 8 heteroatoms. The van der Waals surface area contributed by atoms with E-state index in [1.54, 1.807) is 11.0 Å². The van der Waals surface area contributed by atoms with Crippen LogP contribution >= 0.6 is 0 Å². The van der Waals surface area contributed by atoms with E-state index in [-0.39, 0.29) is 35.2 Å². The van der Waals surface area contributed by atoms with Gasteiger partial charge in [-0.3, -0.25) is 4.79 Å². The van der Waals surface area contributed by atoms with Gasteiger partial charge in [0.25, 0.3) is 0 Å². The van der Waals surface area contributed by atoms with Crippen molar-refractivity contribution in [2.45, 2.75) is 45.9 Å². The van der Waals surface area contributed by atoms with Crippen LogP contribution in [-0.2, 0) is 14.8 Å². The molecule has 0 aromatic heterocycles. The van der Waals surface area contributed by atoms with E-state index in [0.29, 0.717) is 25.3 Å². The van der Waals surface area contributed by atoms with Gasteiger partial charge in [-0.1, -0.05) is 26.8 Å². The molecule has 0 atom stereocenters. The van der Waals surface area contributed by atoms with E-state index in [4.69, 9.17) is 4.74 Å². The second-order valence-corrected chi connectivity index (χ2v) is 11.0. The predicted octanol–water partition coefficient (Wildman–Crippen LogP) is 4.24. The lowest BCUT2D eigenvalue weighted by atomic mass is 9.88. The summed E-state index contributed by atoms with van der Waals surface area (Å²) in [5, 5.41) is 9.34. The highest BCUT2D eigenvalue weighted by atomic mass is 32.2. The van der Waals surface area contributed by atoms with Crippen LogP contribution in [0, 0.1) is 30.6 Å². The highest BCUT2D eigenvalue weighted by Gasteiger charge is 2.36. The first-order valence-corrected chi connectivity index (χ1v) is 12.5. The summed E-state index contributed by atoms with van der Waals surface area (Å²) in [5.74, 6) is 0.739. The lowest BCUT2D eigenvalue weighted by molar-refractivity contribution is -0.141. The Bertz CT molecular complexity index is 1170. The lowest BCUT2D eigenvalue weighted by Gasteiger charge is -2.38. The summed E-state index contributed by atoms with van der Waals surface area (Å²) >= 11 is 0. The van der Waals surface area contributed by atoms with Gasteiger partial charge in [0, 0.05) is 31.6 Å². The van der Waals surface area contributed by atoms with E-state index in [1.807, 2.05) is 58.9 Å². The van der Waals surface area contributed by atoms with Crippen LogP contribution in [0.1, 0.15) is 43.9 Å². The van der Waals surface area contributed by atoms with Gasteiger partial charge in [0.1, 0.15) is 16.4 Å². The smallest absolute Gasteiger partial charge is 0.246 e. The van der Waals surface area contributed by atoms with Crippen LogP contribution in [0.2, 0.25) is 0 Å². The molecule has 2 aromatic carbocycles. The molecule has 1 aliphatic rings. The molecule has 3 rings (SSSR count). The van der Waals surface area contributed by atoms with Crippen molar-refractivity contribution in [3.8, 4) is 17.6 Å². The Balaban J connectivity index is 1.88. The van der Waals surface area contributed by atoms with Crippen LogP contribution in [0.25, 0.3) is 0 Å². The molecule has 7 nitrogen and oxygen atoms in total. The molecule has 1 aliphatic heterocycles. The number of nitriles is 1. The van der Waals surface area contributed by atoms with Gasteiger partial charge < -0.3 is 9.64 Å². The molecule has 1 saturated heterocycles. The van der Waals surface area contributed by atoms with E-state index in [9.17, 15) is 18.5 Å². The molecule has 0 radical (unpaired) electrons. The van der Waals surface area contributed by atoms with E-state index in [0.717, 1.165) is 11.1 Å². The maximum absolute atomic E-state index is 13.6. The molecule has 0 N–H and O–H groups in total. The van der Waals surface area contributed by atoms with E-state index in [2.05, 4.69) is 0 Å². The maximum Gasteiger partial charge on any atom is 0.246 e. The number of piperazine rings is 1. The minimum atomic E-state index is -3.94. The third-order valence-corrected chi connectivity index (χ3v) is 8.02. The second-order valence-electron chi connectivity index (χ2n) is 9.13. The van der Waals surface area contributed by atoms with Crippen LogP contribution in [0.5, 0.6) is 11.5 Å². The number of sulfonamides is 1. The Hall–Kier alpha value is -2.89. The molecular formula is C25H31N3O4S. The van der Waals surface area contributed by atoms with Gasteiger partial charge in [0.15, 0.2) is 0 Å². The van der Waals surface area contributed by atoms with Crippen molar-refractivity contribution in [3.05, 3.63) is 53.1 Å². The van der Waals surface area contributed by atoms with Crippen molar-refractivity contribution in [1.29, 1.82) is 5.26 Å². The van der Waals surface area contributed by atoms with Crippen molar-refractivity contribution in [2.75, 3.05) is 26.2 Å². The van der Waals surface area contributed by atoms with Crippen LogP contribution in [0.4, 0.5) is 0 Å². The lowest BCUT2D eigenvalue weighted by Crippen LogP contribution is -2.53. The predicted molar refractivity (Wildman–Crippen MR) is 127 cm³/mol. The zero-order valence-electron chi connectivity index (χ0n) is 19.9. The van der Waals surface area contributed by atoms with Crippen LogP contribution in [0.15, 0.2) is 41.3 Å². The molecule has 33 heavy (non-hydrogen) atoms. The molecule has 1 heterocycles. The monoisotopic (exact) mass is 469 g/mol. The topological polar surface area (TPSA) is 90.7 Å². The molecule has 0 spiro atoms. The van der Waals surface area contributed by atoms with Crippen molar-refractivity contribution in [2.24, 2.45) is 5.41 Å². The molecule has 1 fully saturated rings. The van der Waals surface area contributed by atoms with Gasteiger partial charge in [-0.25, -0.2) is 8.42 Å². The van der Waals surface area contributed by atoms with Gasteiger partial charge in [-0.15, -0.1) is 0 Å². The fraction of sp³-hybridized carbons (Fsp3) is 0.440. The van der Waals surface area contributed by atoms with Gasteiger partial charge in [-0.05, 0) is 61.7 Å². The Morgan fingerprint density at radius 1 is 1.06 bits per heavy atom. The van der Waals surface area contributed by atoms with Crippen molar-refractivity contribution >= 4 is 15.9 Å². The number of amides is 1. The van der Waals surface area contributed by atoms with E-state index >= 15 is 0 Å². The summed E-state index contributed by atoms with van der Waals surface area (Å²) in [6.45, 7) is 10.7. The first-order chi connectivity index (χ1) is 15.5. The van der Waals surface area contributed by atoms with Crippen LogP contribution < -0.4 is 4.74 Å². The zero-order valence-corrected chi connectivity index (χ0v) is 20.7. The summed E-state index contributed by atoms with van der Waals surface area (Å²) in [4.78, 5) is 14.5. The Morgan fingerprint density at radius 2 is 1.67 bits per heavy atom. The van der Waals surface area contributed by atoms with Crippen molar-refractivity contribution < 1.29 is 17.9 Å². The van der Waals surface area contributed by atoms with Crippen LogP contribution in [-0.4, -0.2) is 49.7 Å². The third kappa shape index (κ3) is 5.37. The zero-order chi connectivity index (χ0) is 24.4. The molecule has 1 amide bonds. The SMILES string of the molecule is CCC(C)(C)C(=O)N1CCN(S(=O)(=O)c2cc(C#N)ccc2Oc2cc(C)cc(C)c2)CC1. The summed E-state index contributed by atoms with van der Waals surface area (Å²) in [5.41, 5.74) is 1.76. The van der Waals surface area contributed by atoms with Crippen molar-refractivity contribution in [1.82, 2.24) is 9.21 Å². The molecule has 0 aliphatic carbocycles. The molecule has 176 valence electrons. The largest absolute Gasteiger partial charge is 0.456 e. The number of nitrogens with zero attached hydrogens (tertiary/aromatic N) is 3. The Labute approximate surface area is 196 Å². The maximum atomic E-state index is 13.6. The fourth-order valence-corrected chi connectivity index (χ4v) is 5.39. The normalized spacial score (nSPS) is 15.2. The molecular weight excluding hydrogens is 438 g/mol. The molecule has 0 saturated carbocycles. The summed E-state index contributed by atoms with van der Waals surface area (Å²) < 4.78 is 34.5. The number of carbonyl (C=O) groups is 1. The number of aryl methyl sites for hydroxylation is 2. The number of hydrogen-bond donors (Lipinski definition) is 0. The standard InChI is InChI=1S/C25H31N3O4S/c1-6-25(4,5)24(29)27-9-11-28(12-10-27)33(30,31)23-16-20(17-26)7-8-22(23)32-21-14-18(2)13-19(3)15-21/h7-8,13-16H,6,9-12H2,1-5H3. The number of rotatable bonds is 6. The Kier molecular flexibility index (Phi) is 7.15.